The molecule has 2 rings (SSSR count). The molecule has 1 heterocycles. The lowest BCUT2D eigenvalue weighted by Gasteiger charge is -2.16. The summed E-state index contributed by atoms with van der Waals surface area (Å²) < 4.78 is 0. The lowest BCUT2D eigenvalue weighted by molar-refractivity contribution is 0.0554. The molecule has 1 aliphatic rings. The summed E-state index contributed by atoms with van der Waals surface area (Å²) in [4.78, 5) is 27.3. The molecule has 0 radical (unpaired) electrons. The van der Waals surface area contributed by atoms with E-state index in [9.17, 15) is 14.7 Å². The van der Waals surface area contributed by atoms with Crippen LogP contribution in [-0.4, -0.2) is 41.0 Å². The number of hydrogen-bond acceptors (Lipinski definition) is 4. The Bertz CT molecular complexity index is 516. The van der Waals surface area contributed by atoms with Gasteiger partial charge in [-0.2, -0.15) is 0 Å². The Hall–Kier alpha value is -2.37. The Morgan fingerprint density at radius 2 is 1.83 bits per heavy atom. The zero-order valence-corrected chi connectivity index (χ0v) is 9.35. The summed E-state index contributed by atoms with van der Waals surface area (Å²) in [6, 6.07) is 6.47. The van der Waals surface area contributed by atoms with Gasteiger partial charge in [0.05, 0.1) is 30.3 Å². The summed E-state index contributed by atoms with van der Waals surface area (Å²) in [5.41, 5.74) is 8.79. The minimum absolute atomic E-state index is 0.175. The summed E-state index contributed by atoms with van der Waals surface area (Å²) in [6.07, 6.45) is -1.05. The van der Waals surface area contributed by atoms with Crippen molar-refractivity contribution in [1.29, 1.82) is 0 Å². The Labute approximate surface area is 102 Å². The minimum atomic E-state index is -1.05. The van der Waals surface area contributed by atoms with E-state index in [4.69, 9.17) is 5.53 Å². The van der Waals surface area contributed by atoms with Crippen molar-refractivity contribution in [3.05, 3.63) is 45.8 Å². The molecule has 7 heteroatoms. The van der Waals surface area contributed by atoms with Crippen LogP contribution in [0, 0.1) is 0 Å². The van der Waals surface area contributed by atoms with Crippen molar-refractivity contribution in [3.63, 3.8) is 0 Å². The Morgan fingerprint density at radius 3 is 2.33 bits per heavy atom. The first-order valence-electron chi connectivity index (χ1n) is 5.29. The third-order valence-corrected chi connectivity index (χ3v) is 2.63. The van der Waals surface area contributed by atoms with Crippen LogP contribution < -0.4 is 0 Å². The van der Waals surface area contributed by atoms with E-state index in [-0.39, 0.29) is 13.1 Å². The van der Waals surface area contributed by atoms with E-state index >= 15 is 0 Å². The van der Waals surface area contributed by atoms with E-state index in [0.717, 1.165) is 4.90 Å². The molecule has 92 valence electrons. The molecule has 0 aliphatic carbocycles. The average molecular weight is 246 g/mol. The van der Waals surface area contributed by atoms with Crippen LogP contribution in [-0.2, 0) is 0 Å². The number of hydrogen-bond donors (Lipinski definition) is 1. The summed E-state index contributed by atoms with van der Waals surface area (Å²) >= 11 is 0. The van der Waals surface area contributed by atoms with Crippen LogP contribution in [0.5, 0.6) is 0 Å². The Balaban J connectivity index is 2.16. The topological polar surface area (TPSA) is 106 Å². The highest BCUT2D eigenvalue weighted by molar-refractivity contribution is 6.21. The lowest BCUT2D eigenvalue weighted by atomic mass is 10.1. The molecule has 0 saturated heterocycles. The van der Waals surface area contributed by atoms with E-state index in [1.54, 1.807) is 24.3 Å². The number of β-amino-alcohol motifs (C(OH)–C–C–N with tert-alkyl or cyclic N) is 1. The molecular weight excluding hydrogens is 236 g/mol. The van der Waals surface area contributed by atoms with Crippen LogP contribution in [0.4, 0.5) is 0 Å². The molecule has 0 saturated carbocycles. The highest BCUT2D eigenvalue weighted by Crippen LogP contribution is 2.22. The zero-order valence-electron chi connectivity index (χ0n) is 9.35. The van der Waals surface area contributed by atoms with Gasteiger partial charge in [0.2, 0.25) is 0 Å². The van der Waals surface area contributed by atoms with Gasteiger partial charge in [-0.1, -0.05) is 17.2 Å². The van der Waals surface area contributed by atoms with Gasteiger partial charge in [0.15, 0.2) is 0 Å². The smallest absolute Gasteiger partial charge is 0.261 e. The maximum Gasteiger partial charge on any atom is 0.261 e. The van der Waals surface area contributed by atoms with Crippen molar-refractivity contribution in [3.8, 4) is 0 Å². The predicted molar refractivity (Wildman–Crippen MR) is 61.8 cm³/mol. The molecule has 2 amide bonds. The number of nitrogens with zero attached hydrogens (tertiary/aromatic N) is 4. The number of azide groups is 1. The van der Waals surface area contributed by atoms with Crippen LogP contribution in [0.2, 0.25) is 0 Å². The van der Waals surface area contributed by atoms with Crippen molar-refractivity contribution >= 4 is 11.8 Å². The fourth-order valence-electron chi connectivity index (χ4n) is 1.80. The molecule has 1 atom stereocenters. The van der Waals surface area contributed by atoms with E-state index in [0.29, 0.717) is 11.1 Å². The van der Waals surface area contributed by atoms with Gasteiger partial charge in [-0.15, -0.1) is 0 Å². The number of fused-ring (bicyclic) bond motifs is 1. The standard InChI is InChI=1S/C11H10N4O3/c12-14-13-5-7(16)6-15-10(17)8-3-1-2-4-9(8)11(15)18/h1-4,7,16H,5-6H2/t7-/m1/s1. The number of rotatable bonds is 4. The molecule has 1 aliphatic heterocycles. The van der Waals surface area contributed by atoms with Gasteiger partial charge in [0, 0.05) is 4.91 Å². The average Bonchev–Trinajstić information content (AvgIpc) is 2.62. The van der Waals surface area contributed by atoms with E-state index in [1.807, 2.05) is 0 Å². The van der Waals surface area contributed by atoms with Gasteiger partial charge in [-0.25, -0.2) is 0 Å². The molecule has 0 spiro atoms. The second-order valence-electron chi connectivity index (χ2n) is 3.83. The normalized spacial score (nSPS) is 15.3. The fraction of sp³-hybridized carbons (Fsp3) is 0.273. The molecule has 0 aromatic heterocycles. The largest absolute Gasteiger partial charge is 0.391 e. The number of imide groups is 1. The summed E-state index contributed by atoms with van der Waals surface area (Å²) in [6.45, 7) is -0.352. The van der Waals surface area contributed by atoms with Crippen LogP contribution >= 0.6 is 0 Å². The van der Waals surface area contributed by atoms with E-state index in [1.165, 1.54) is 0 Å². The van der Waals surface area contributed by atoms with Gasteiger partial charge in [-0.05, 0) is 17.7 Å². The highest BCUT2D eigenvalue weighted by atomic mass is 16.3. The second kappa shape index (κ2) is 4.87. The van der Waals surface area contributed by atoms with Crippen LogP contribution in [0.15, 0.2) is 29.4 Å². The molecule has 1 aromatic carbocycles. The SMILES string of the molecule is [N-]=[N+]=NC[C@@H](O)CN1C(=O)c2ccccc2C1=O. The van der Waals surface area contributed by atoms with Gasteiger partial charge >= 0.3 is 0 Å². The number of aliphatic hydroxyl groups is 1. The first-order chi connectivity index (χ1) is 8.65. The van der Waals surface area contributed by atoms with Crippen molar-refractivity contribution in [2.45, 2.75) is 6.10 Å². The van der Waals surface area contributed by atoms with E-state index < -0.39 is 17.9 Å². The quantitative estimate of drug-likeness (QED) is 0.370. The molecular formula is C11H10N4O3. The second-order valence-corrected chi connectivity index (χ2v) is 3.83. The monoisotopic (exact) mass is 246 g/mol. The van der Waals surface area contributed by atoms with Crippen molar-refractivity contribution in [2.24, 2.45) is 5.11 Å². The fourth-order valence-corrected chi connectivity index (χ4v) is 1.80. The van der Waals surface area contributed by atoms with Gasteiger partial charge in [-0.3, -0.25) is 14.5 Å². The number of carbonyl (C=O) groups is 2. The molecule has 0 fully saturated rings. The molecule has 1 N–H and O–H groups in total. The first kappa shape index (κ1) is 12.1. The number of amides is 2. The third kappa shape index (κ3) is 2.04. The Morgan fingerprint density at radius 1 is 1.28 bits per heavy atom. The zero-order chi connectivity index (χ0) is 13.1. The van der Waals surface area contributed by atoms with Crippen molar-refractivity contribution < 1.29 is 14.7 Å². The van der Waals surface area contributed by atoms with Gasteiger partial charge in [0.1, 0.15) is 0 Å². The highest BCUT2D eigenvalue weighted by Gasteiger charge is 2.35. The molecule has 0 bridgehead atoms. The molecule has 1 aromatic rings. The predicted octanol–water partition coefficient (Wildman–Crippen LogP) is 0.954. The van der Waals surface area contributed by atoms with Crippen molar-refractivity contribution in [1.82, 2.24) is 4.90 Å². The summed E-state index contributed by atoms with van der Waals surface area (Å²) in [7, 11) is 0. The maximum atomic E-state index is 11.9. The lowest BCUT2D eigenvalue weighted by Crippen LogP contribution is -2.37. The number of carbonyl (C=O) groups excluding carboxylic acids is 2. The van der Waals surface area contributed by atoms with Crippen LogP contribution in [0.25, 0.3) is 10.4 Å². The number of benzene rings is 1. The van der Waals surface area contributed by atoms with E-state index in [2.05, 4.69) is 10.0 Å². The van der Waals surface area contributed by atoms with Crippen LogP contribution in [0.3, 0.4) is 0 Å². The minimum Gasteiger partial charge on any atom is -0.391 e. The molecule has 7 nitrogen and oxygen atoms in total. The third-order valence-electron chi connectivity index (χ3n) is 2.63. The summed E-state index contributed by atoms with van der Waals surface area (Å²) in [5.74, 6) is -0.869. The Kier molecular flexibility index (Phi) is 3.27. The molecule has 0 unspecified atom stereocenters. The summed E-state index contributed by atoms with van der Waals surface area (Å²) in [5, 5.41) is 12.7. The first-order valence-corrected chi connectivity index (χ1v) is 5.29. The maximum absolute atomic E-state index is 11.9. The van der Waals surface area contributed by atoms with Crippen molar-refractivity contribution in [2.75, 3.05) is 13.1 Å². The molecule has 18 heavy (non-hydrogen) atoms. The number of aliphatic hydroxyl groups excluding tert-OH is 1. The van der Waals surface area contributed by atoms with Gasteiger partial charge < -0.3 is 5.11 Å². The van der Waals surface area contributed by atoms with Crippen LogP contribution in [0.1, 0.15) is 20.7 Å². The van der Waals surface area contributed by atoms with Gasteiger partial charge in [0.25, 0.3) is 11.8 Å².